The largest absolute Gasteiger partial charge is 0.457 e. The molecule has 6 aromatic rings. The topological polar surface area (TPSA) is 141 Å². The summed E-state index contributed by atoms with van der Waals surface area (Å²) in [5.74, 6) is 1.78. The quantitative estimate of drug-likeness (QED) is 0.242. The second kappa shape index (κ2) is 11.2. The van der Waals surface area contributed by atoms with Crippen LogP contribution in [0, 0.1) is 0 Å². The monoisotopic (exact) mass is 572 g/mol. The van der Waals surface area contributed by atoms with E-state index in [0.29, 0.717) is 47.8 Å². The number of fused-ring (bicyclic) bond motifs is 2. The second-order valence-electron chi connectivity index (χ2n) is 10.9. The first kappa shape index (κ1) is 26.7. The molecule has 216 valence electrons. The van der Waals surface area contributed by atoms with Crippen molar-refractivity contribution in [2.75, 3.05) is 18.8 Å². The summed E-state index contributed by atoms with van der Waals surface area (Å²) >= 11 is 0. The maximum atomic E-state index is 13.5. The van der Waals surface area contributed by atoms with Crippen molar-refractivity contribution in [1.82, 2.24) is 29.6 Å². The first-order valence-electron chi connectivity index (χ1n) is 14.5. The van der Waals surface area contributed by atoms with Crippen LogP contribution in [-0.4, -0.2) is 54.7 Å². The van der Waals surface area contributed by atoms with Crippen molar-refractivity contribution in [2.24, 2.45) is 5.73 Å². The van der Waals surface area contributed by atoms with Crippen LogP contribution < -0.4 is 16.2 Å². The standard InChI is InChI=1S/C33H32N8O2/c34-27(17-22-18-36-28-11-5-4-10-26(22)28)33(42)40-16-6-7-23(19-40)41-32-29(31(35)37-20-38-32)30(39-41)21-12-14-25(15-13-21)43-24-8-2-1-3-9-24/h1-5,8-15,18,20,23,27,36H,6-7,16-17,19,34H2,(H2,35,37,38). The van der Waals surface area contributed by atoms with Crippen LogP contribution in [0.25, 0.3) is 33.2 Å². The Labute approximate surface area is 248 Å². The van der Waals surface area contributed by atoms with Crippen LogP contribution >= 0.6 is 0 Å². The number of aromatic nitrogens is 5. The number of hydrogen-bond donors (Lipinski definition) is 3. The molecule has 1 aliphatic heterocycles. The molecule has 0 saturated carbocycles. The first-order chi connectivity index (χ1) is 21.0. The van der Waals surface area contributed by atoms with Gasteiger partial charge in [-0.1, -0.05) is 36.4 Å². The number of ether oxygens (including phenoxy) is 1. The number of amides is 1. The van der Waals surface area contributed by atoms with Gasteiger partial charge in [-0.25, -0.2) is 14.6 Å². The Kier molecular flexibility index (Phi) is 6.96. The van der Waals surface area contributed by atoms with Gasteiger partial charge in [0.25, 0.3) is 0 Å². The lowest BCUT2D eigenvalue weighted by Gasteiger charge is -2.34. The van der Waals surface area contributed by atoms with Crippen molar-refractivity contribution >= 4 is 33.7 Å². The third-order valence-electron chi connectivity index (χ3n) is 8.11. The number of para-hydroxylation sites is 2. The molecule has 0 radical (unpaired) electrons. The van der Waals surface area contributed by atoms with E-state index in [1.54, 1.807) is 0 Å². The highest BCUT2D eigenvalue weighted by Crippen LogP contribution is 2.35. The summed E-state index contributed by atoms with van der Waals surface area (Å²) in [6.07, 6.45) is 5.55. The molecule has 1 amide bonds. The number of carbonyl (C=O) groups is 1. The van der Waals surface area contributed by atoms with Crippen LogP contribution in [-0.2, 0) is 11.2 Å². The lowest BCUT2D eigenvalue weighted by atomic mass is 10.0. The number of nitrogens with one attached hydrogen (secondary N) is 1. The number of piperidine rings is 1. The highest BCUT2D eigenvalue weighted by Gasteiger charge is 2.31. The Balaban J connectivity index is 1.13. The maximum Gasteiger partial charge on any atom is 0.239 e. The summed E-state index contributed by atoms with van der Waals surface area (Å²) < 4.78 is 7.87. The first-order valence-corrected chi connectivity index (χ1v) is 14.5. The molecule has 10 nitrogen and oxygen atoms in total. The number of nitrogen functional groups attached to an aromatic ring is 1. The van der Waals surface area contributed by atoms with Crippen LogP contribution in [0.5, 0.6) is 11.5 Å². The molecule has 43 heavy (non-hydrogen) atoms. The molecule has 5 N–H and O–H groups in total. The van der Waals surface area contributed by atoms with E-state index in [1.165, 1.54) is 6.33 Å². The average Bonchev–Trinajstić information content (AvgIpc) is 3.64. The molecule has 2 unspecified atom stereocenters. The molecule has 0 aliphatic carbocycles. The molecule has 1 fully saturated rings. The van der Waals surface area contributed by atoms with Crippen molar-refractivity contribution in [1.29, 1.82) is 0 Å². The van der Waals surface area contributed by atoms with Gasteiger partial charge < -0.3 is 26.1 Å². The number of aromatic amines is 1. The van der Waals surface area contributed by atoms with Crippen LogP contribution in [0.1, 0.15) is 24.4 Å². The van der Waals surface area contributed by atoms with Gasteiger partial charge in [-0.3, -0.25) is 4.79 Å². The molecule has 3 aromatic carbocycles. The minimum atomic E-state index is -0.641. The van der Waals surface area contributed by atoms with Gasteiger partial charge in [-0.2, -0.15) is 5.10 Å². The van der Waals surface area contributed by atoms with E-state index < -0.39 is 6.04 Å². The molecule has 7 rings (SSSR count). The van der Waals surface area contributed by atoms with Gasteiger partial charge in [-0.05, 0) is 67.3 Å². The smallest absolute Gasteiger partial charge is 0.239 e. The molecular weight excluding hydrogens is 540 g/mol. The van der Waals surface area contributed by atoms with Crippen LogP contribution in [0.3, 0.4) is 0 Å². The average molecular weight is 573 g/mol. The minimum absolute atomic E-state index is 0.0604. The molecule has 3 aromatic heterocycles. The fraction of sp³-hybridized carbons (Fsp3) is 0.212. The van der Waals surface area contributed by atoms with E-state index in [2.05, 4.69) is 15.0 Å². The Morgan fingerprint density at radius 1 is 1.00 bits per heavy atom. The highest BCUT2D eigenvalue weighted by atomic mass is 16.5. The molecule has 1 saturated heterocycles. The van der Waals surface area contributed by atoms with Crippen molar-refractivity contribution in [3.05, 3.63) is 97.0 Å². The lowest BCUT2D eigenvalue weighted by Crippen LogP contribution is -2.49. The normalized spacial score (nSPS) is 16.0. The van der Waals surface area contributed by atoms with E-state index in [4.69, 9.17) is 21.3 Å². The van der Waals surface area contributed by atoms with Gasteiger partial charge in [0.05, 0.1) is 17.5 Å². The summed E-state index contributed by atoms with van der Waals surface area (Å²) in [5.41, 5.74) is 17.2. The van der Waals surface area contributed by atoms with Crippen LogP contribution in [0.15, 0.2) is 91.4 Å². The number of rotatable bonds is 7. The van der Waals surface area contributed by atoms with E-state index in [0.717, 1.165) is 40.6 Å². The molecular formula is C33H32N8O2. The summed E-state index contributed by atoms with van der Waals surface area (Å²) in [7, 11) is 0. The van der Waals surface area contributed by atoms with Gasteiger partial charge in [0.1, 0.15) is 29.3 Å². The molecule has 0 bridgehead atoms. The Morgan fingerprint density at radius 3 is 2.60 bits per heavy atom. The third kappa shape index (κ3) is 5.17. The minimum Gasteiger partial charge on any atom is -0.457 e. The molecule has 4 heterocycles. The number of likely N-dealkylation sites (tertiary alicyclic amines) is 1. The summed E-state index contributed by atoms with van der Waals surface area (Å²) in [4.78, 5) is 27.5. The zero-order valence-electron chi connectivity index (χ0n) is 23.6. The summed E-state index contributed by atoms with van der Waals surface area (Å²) in [6, 6.07) is 24.7. The van der Waals surface area contributed by atoms with E-state index in [9.17, 15) is 4.79 Å². The Morgan fingerprint density at radius 2 is 1.77 bits per heavy atom. The Hall–Kier alpha value is -5.22. The molecule has 10 heteroatoms. The van der Waals surface area contributed by atoms with Gasteiger partial charge in [-0.15, -0.1) is 0 Å². The number of carbonyl (C=O) groups excluding carboxylic acids is 1. The number of hydrogen-bond acceptors (Lipinski definition) is 7. The van der Waals surface area contributed by atoms with Gasteiger partial charge in [0.15, 0.2) is 5.65 Å². The van der Waals surface area contributed by atoms with Gasteiger partial charge in [0, 0.05) is 35.8 Å². The van der Waals surface area contributed by atoms with Crippen molar-refractivity contribution in [3.8, 4) is 22.8 Å². The van der Waals surface area contributed by atoms with Crippen molar-refractivity contribution in [3.63, 3.8) is 0 Å². The number of benzene rings is 3. The maximum absolute atomic E-state index is 13.5. The van der Waals surface area contributed by atoms with Crippen molar-refractivity contribution in [2.45, 2.75) is 31.3 Å². The molecule has 0 spiro atoms. The predicted octanol–water partition coefficient (Wildman–Crippen LogP) is 5.08. The fourth-order valence-corrected chi connectivity index (χ4v) is 5.97. The predicted molar refractivity (Wildman–Crippen MR) is 167 cm³/mol. The van der Waals surface area contributed by atoms with Crippen LogP contribution in [0.2, 0.25) is 0 Å². The summed E-state index contributed by atoms with van der Waals surface area (Å²) in [6.45, 7) is 1.15. The van der Waals surface area contributed by atoms with E-state index >= 15 is 0 Å². The third-order valence-corrected chi connectivity index (χ3v) is 8.11. The molecule has 1 aliphatic rings. The second-order valence-corrected chi connectivity index (χ2v) is 10.9. The van der Waals surface area contributed by atoms with Crippen molar-refractivity contribution < 1.29 is 9.53 Å². The highest BCUT2D eigenvalue weighted by molar-refractivity contribution is 5.98. The van der Waals surface area contributed by atoms with Gasteiger partial charge >= 0.3 is 0 Å². The summed E-state index contributed by atoms with van der Waals surface area (Å²) in [5, 5.41) is 6.80. The zero-order chi connectivity index (χ0) is 29.3. The fourth-order valence-electron chi connectivity index (χ4n) is 5.97. The van der Waals surface area contributed by atoms with E-state index in [1.807, 2.05) is 94.6 Å². The lowest BCUT2D eigenvalue weighted by molar-refractivity contribution is -0.134. The zero-order valence-corrected chi connectivity index (χ0v) is 23.6. The number of nitrogens with zero attached hydrogens (tertiary/aromatic N) is 5. The number of H-pyrrole nitrogens is 1. The Bertz CT molecular complexity index is 1900. The van der Waals surface area contributed by atoms with Gasteiger partial charge in [0.2, 0.25) is 5.91 Å². The number of nitrogens with two attached hydrogens (primary N) is 2. The van der Waals surface area contributed by atoms with E-state index in [-0.39, 0.29) is 11.9 Å². The molecule has 2 atom stereocenters. The van der Waals surface area contributed by atoms with Crippen LogP contribution in [0.4, 0.5) is 5.82 Å². The SMILES string of the molecule is Nc1ncnc2c1c(-c1ccc(Oc3ccccc3)cc1)nn2C1CCCN(C(=O)C(N)Cc2c[nH]c3ccccc23)C1. The number of anilines is 1.